The quantitative estimate of drug-likeness (QED) is 0.549. The molecule has 0 radical (unpaired) electrons. The number of benzene rings is 1. The molecule has 1 unspecified atom stereocenters. The van der Waals surface area contributed by atoms with E-state index in [1.165, 1.54) is 35.5 Å². The molecule has 0 aliphatic carbocycles. The standard InChI is InChI=1S/C24H36N4O5S/c1-4-18(2)25-23(30)17-26-13-15-27(16-14-26)24(31)21-9-11-28(12-10-21)34(32,33)22-7-5-20(6-8-22)19(3)29/h5-8,18,21H,4,9-17H2,1-3H3,(H,25,30). The minimum atomic E-state index is -3.66. The minimum Gasteiger partial charge on any atom is -0.353 e. The van der Waals surface area contributed by atoms with E-state index in [1.54, 1.807) is 0 Å². The molecule has 34 heavy (non-hydrogen) atoms. The predicted octanol–water partition coefficient (Wildman–Crippen LogP) is 1.35. The Kier molecular flexibility index (Phi) is 8.83. The van der Waals surface area contributed by atoms with E-state index in [-0.39, 0.29) is 34.5 Å². The van der Waals surface area contributed by atoms with Crippen molar-refractivity contribution in [1.29, 1.82) is 0 Å². The summed E-state index contributed by atoms with van der Waals surface area (Å²) in [4.78, 5) is 40.6. The van der Waals surface area contributed by atoms with Gasteiger partial charge in [-0.15, -0.1) is 0 Å². The van der Waals surface area contributed by atoms with E-state index in [2.05, 4.69) is 10.2 Å². The second-order valence-corrected chi connectivity index (χ2v) is 11.2. The number of sulfonamides is 1. The van der Waals surface area contributed by atoms with Gasteiger partial charge in [-0.25, -0.2) is 8.42 Å². The fraction of sp³-hybridized carbons (Fsp3) is 0.625. The van der Waals surface area contributed by atoms with Crippen molar-refractivity contribution >= 4 is 27.6 Å². The Morgan fingerprint density at radius 1 is 1.00 bits per heavy atom. The van der Waals surface area contributed by atoms with Crippen LogP contribution in [-0.2, 0) is 19.6 Å². The van der Waals surface area contributed by atoms with Gasteiger partial charge in [-0.05, 0) is 45.2 Å². The van der Waals surface area contributed by atoms with Crippen LogP contribution < -0.4 is 5.32 Å². The number of nitrogens with one attached hydrogen (secondary N) is 1. The van der Waals surface area contributed by atoms with E-state index in [1.807, 2.05) is 18.7 Å². The maximum atomic E-state index is 13.0. The van der Waals surface area contributed by atoms with Crippen LogP contribution in [0, 0.1) is 5.92 Å². The smallest absolute Gasteiger partial charge is 0.243 e. The Balaban J connectivity index is 1.47. The maximum absolute atomic E-state index is 13.0. The number of nitrogens with zero attached hydrogens (tertiary/aromatic N) is 3. The lowest BCUT2D eigenvalue weighted by Crippen LogP contribution is -2.53. The lowest BCUT2D eigenvalue weighted by Gasteiger charge is -2.38. The largest absolute Gasteiger partial charge is 0.353 e. The van der Waals surface area contributed by atoms with E-state index in [0.29, 0.717) is 64.2 Å². The zero-order chi connectivity index (χ0) is 24.9. The Hall–Kier alpha value is -2.30. The van der Waals surface area contributed by atoms with Gasteiger partial charge in [-0.2, -0.15) is 4.31 Å². The summed E-state index contributed by atoms with van der Waals surface area (Å²) in [5.74, 6) is -0.213. The Bertz CT molecular complexity index is 979. The highest BCUT2D eigenvalue weighted by Gasteiger charge is 2.34. The summed E-state index contributed by atoms with van der Waals surface area (Å²) < 4.78 is 27.4. The Labute approximate surface area is 202 Å². The van der Waals surface area contributed by atoms with Crippen LogP contribution in [0.1, 0.15) is 50.4 Å². The predicted molar refractivity (Wildman–Crippen MR) is 129 cm³/mol. The molecule has 0 aromatic heterocycles. The average molecular weight is 493 g/mol. The van der Waals surface area contributed by atoms with Gasteiger partial charge in [-0.1, -0.05) is 19.1 Å². The van der Waals surface area contributed by atoms with Crippen molar-refractivity contribution in [1.82, 2.24) is 19.4 Å². The molecule has 2 fully saturated rings. The number of carbonyl (C=O) groups is 3. The SMILES string of the molecule is CCC(C)NC(=O)CN1CCN(C(=O)C2CCN(S(=O)(=O)c3ccc(C(C)=O)cc3)CC2)CC1. The number of Topliss-reactive ketones (excluding diaryl/α,β-unsaturated/α-hetero) is 1. The van der Waals surface area contributed by atoms with Crippen LogP contribution in [0.15, 0.2) is 29.2 Å². The molecule has 9 nitrogen and oxygen atoms in total. The molecule has 188 valence electrons. The van der Waals surface area contributed by atoms with Crippen LogP contribution in [-0.4, -0.2) is 92.0 Å². The van der Waals surface area contributed by atoms with Crippen molar-refractivity contribution in [3.63, 3.8) is 0 Å². The summed E-state index contributed by atoms with van der Waals surface area (Å²) in [5, 5.41) is 2.97. The highest BCUT2D eigenvalue weighted by atomic mass is 32.2. The zero-order valence-electron chi connectivity index (χ0n) is 20.3. The summed E-state index contributed by atoms with van der Waals surface area (Å²) in [6.45, 7) is 8.86. The van der Waals surface area contributed by atoms with Crippen molar-refractivity contribution in [2.24, 2.45) is 5.92 Å². The number of piperidine rings is 1. The van der Waals surface area contributed by atoms with Gasteiger partial charge in [0.15, 0.2) is 5.78 Å². The number of ketones is 1. The maximum Gasteiger partial charge on any atom is 0.243 e. The molecule has 0 saturated carbocycles. The number of hydrogen-bond acceptors (Lipinski definition) is 6. The fourth-order valence-electron chi connectivity index (χ4n) is 4.36. The van der Waals surface area contributed by atoms with Gasteiger partial charge in [0.05, 0.1) is 11.4 Å². The van der Waals surface area contributed by atoms with Gasteiger partial charge < -0.3 is 10.2 Å². The fourth-order valence-corrected chi connectivity index (χ4v) is 5.83. The van der Waals surface area contributed by atoms with Crippen molar-refractivity contribution in [2.75, 3.05) is 45.8 Å². The molecule has 1 aromatic carbocycles. The highest BCUT2D eigenvalue weighted by Crippen LogP contribution is 2.26. The first-order chi connectivity index (χ1) is 16.1. The third-order valence-electron chi connectivity index (χ3n) is 6.77. The van der Waals surface area contributed by atoms with E-state index in [4.69, 9.17) is 0 Å². The van der Waals surface area contributed by atoms with Crippen molar-refractivity contribution < 1.29 is 22.8 Å². The van der Waals surface area contributed by atoms with Crippen LogP contribution in [0.2, 0.25) is 0 Å². The summed E-state index contributed by atoms with van der Waals surface area (Å²) in [5.41, 5.74) is 0.472. The third kappa shape index (κ3) is 6.43. The number of hydrogen-bond donors (Lipinski definition) is 1. The van der Waals surface area contributed by atoms with Gasteiger partial charge in [0, 0.05) is 56.8 Å². The number of rotatable bonds is 8. The average Bonchev–Trinajstić information content (AvgIpc) is 2.84. The molecule has 1 atom stereocenters. The molecule has 2 saturated heterocycles. The van der Waals surface area contributed by atoms with Crippen LogP contribution in [0.5, 0.6) is 0 Å². The third-order valence-corrected chi connectivity index (χ3v) is 8.69. The molecular weight excluding hydrogens is 456 g/mol. The van der Waals surface area contributed by atoms with Gasteiger partial charge >= 0.3 is 0 Å². The van der Waals surface area contributed by atoms with Crippen molar-refractivity contribution in [3.05, 3.63) is 29.8 Å². The minimum absolute atomic E-state index is 0.0126. The first-order valence-electron chi connectivity index (χ1n) is 12.0. The van der Waals surface area contributed by atoms with Crippen molar-refractivity contribution in [3.8, 4) is 0 Å². The number of carbonyl (C=O) groups excluding carboxylic acids is 3. The second kappa shape index (κ2) is 11.4. The molecule has 2 amide bonds. The van der Waals surface area contributed by atoms with Gasteiger partial charge in [0.1, 0.15) is 0 Å². The van der Waals surface area contributed by atoms with Gasteiger partial charge in [0.25, 0.3) is 0 Å². The second-order valence-electron chi connectivity index (χ2n) is 9.24. The normalized spacial score (nSPS) is 19.6. The van der Waals surface area contributed by atoms with Crippen LogP contribution >= 0.6 is 0 Å². The zero-order valence-corrected chi connectivity index (χ0v) is 21.1. The van der Waals surface area contributed by atoms with E-state index in [9.17, 15) is 22.8 Å². The molecule has 0 spiro atoms. The van der Waals surface area contributed by atoms with Crippen molar-refractivity contribution in [2.45, 2.75) is 51.0 Å². The summed E-state index contributed by atoms with van der Waals surface area (Å²) in [7, 11) is -3.66. The molecule has 3 rings (SSSR count). The molecule has 2 aliphatic rings. The molecular formula is C24H36N4O5S. The topological polar surface area (TPSA) is 107 Å². The van der Waals surface area contributed by atoms with Gasteiger partial charge in [-0.3, -0.25) is 19.3 Å². The first-order valence-corrected chi connectivity index (χ1v) is 13.5. The Morgan fingerprint density at radius 2 is 1.59 bits per heavy atom. The lowest BCUT2D eigenvalue weighted by atomic mass is 9.96. The Morgan fingerprint density at radius 3 is 2.12 bits per heavy atom. The first kappa shape index (κ1) is 26.3. The molecule has 10 heteroatoms. The van der Waals surface area contributed by atoms with E-state index < -0.39 is 10.0 Å². The summed E-state index contributed by atoms with van der Waals surface area (Å²) in [6, 6.07) is 6.14. The number of piperazine rings is 1. The molecule has 1 aromatic rings. The highest BCUT2D eigenvalue weighted by molar-refractivity contribution is 7.89. The molecule has 0 bridgehead atoms. The van der Waals surface area contributed by atoms with Crippen LogP contribution in [0.4, 0.5) is 0 Å². The summed E-state index contributed by atoms with van der Waals surface area (Å²) in [6.07, 6.45) is 1.86. The number of amides is 2. The van der Waals surface area contributed by atoms with Crippen LogP contribution in [0.3, 0.4) is 0 Å². The molecule has 2 aliphatic heterocycles. The van der Waals surface area contributed by atoms with E-state index >= 15 is 0 Å². The monoisotopic (exact) mass is 492 g/mol. The lowest BCUT2D eigenvalue weighted by molar-refractivity contribution is -0.138. The summed E-state index contributed by atoms with van der Waals surface area (Å²) >= 11 is 0. The molecule has 1 N–H and O–H groups in total. The molecule has 2 heterocycles. The van der Waals surface area contributed by atoms with Gasteiger partial charge in [0.2, 0.25) is 21.8 Å². The van der Waals surface area contributed by atoms with Crippen LogP contribution in [0.25, 0.3) is 0 Å². The van der Waals surface area contributed by atoms with E-state index in [0.717, 1.165) is 6.42 Å².